The SMILES string of the molecule is COc1cc(OC2CCN(C(C)=O)CC2)ccc1-c1cc(-c2ccc3c(c2)CCNC3=O)c(N)nc1F. The van der Waals surface area contributed by atoms with Crippen LogP contribution in [0.15, 0.2) is 42.5 Å². The van der Waals surface area contributed by atoms with Crippen molar-refractivity contribution in [2.75, 3.05) is 32.5 Å². The summed E-state index contributed by atoms with van der Waals surface area (Å²) in [4.78, 5) is 29.5. The number of nitrogens with zero attached hydrogens (tertiary/aromatic N) is 2. The van der Waals surface area contributed by atoms with Gasteiger partial charge in [0, 0.05) is 67.7 Å². The van der Waals surface area contributed by atoms with Crippen molar-refractivity contribution < 1.29 is 23.5 Å². The van der Waals surface area contributed by atoms with Crippen LogP contribution in [0, 0.1) is 5.95 Å². The average Bonchev–Trinajstić information content (AvgIpc) is 2.89. The smallest absolute Gasteiger partial charge is 0.251 e. The van der Waals surface area contributed by atoms with E-state index in [-0.39, 0.29) is 29.3 Å². The third kappa shape index (κ3) is 4.94. The Labute approximate surface area is 214 Å². The number of hydrogen-bond donors (Lipinski definition) is 2. The lowest BCUT2D eigenvalue weighted by molar-refractivity contribution is -0.130. The van der Waals surface area contributed by atoms with Crippen LogP contribution in [0.2, 0.25) is 0 Å². The number of benzene rings is 2. The van der Waals surface area contributed by atoms with Crippen molar-refractivity contribution in [3.8, 4) is 33.8 Å². The zero-order chi connectivity index (χ0) is 26.1. The first-order chi connectivity index (χ1) is 17.8. The number of nitrogens with one attached hydrogen (secondary N) is 1. The zero-order valence-corrected chi connectivity index (χ0v) is 20.8. The molecule has 1 saturated heterocycles. The summed E-state index contributed by atoms with van der Waals surface area (Å²) in [6.45, 7) is 3.46. The topological polar surface area (TPSA) is 107 Å². The number of pyridine rings is 1. The molecule has 2 amide bonds. The van der Waals surface area contributed by atoms with Crippen LogP contribution in [0.1, 0.15) is 35.7 Å². The number of ether oxygens (including phenoxy) is 2. The molecule has 9 heteroatoms. The number of nitrogen functional groups attached to an aromatic ring is 1. The summed E-state index contributed by atoms with van der Waals surface area (Å²) in [6, 6.07) is 12.4. The van der Waals surface area contributed by atoms with E-state index in [4.69, 9.17) is 15.2 Å². The zero-order valence-electron chi connectivity index (χ0n) is 20.8. The fourth-order valence-corrected chi connectivity index (χ4v) is 4.97. The summed E-state index contributed by atoms with van der Waals surface area (Å²) in [5.74, 6) is 0.384. The van der Waals surface area contributed by atoms with Crippen molar-refractivity contribution in [3.63, 3.8) is 0 Å². The Morgan fingerprint density at radius 3 is 2.57 bits per heavy atom. The van der Waals surface area contributed by atoms with Gasteiger partial charge in [0.2, 0.25) is 11.9 Å². The number of hydrogen-bond acceptors (Lipinski definition) is 6. The molecule has 192 valence electrons. The van der Waals surface area contributed by atoms with Crippen molar-refractivity contribution >= 4 is 17.6 Å². The molecule has 2 aliphatic rings. The summed E-state index contributed by atoms with van der Waals surface area (Å²) in [5, 5.41) is 2.83. The maximum Gasteiger partial charge on any atom is 0.251 e. The van der Waals surface area contributed by atoms with Crippen molar-refractivity contribution in [2.45, 2.75) is 32.3 Å². The number of piperidine rings is 1. The van der Waals surface area contributed by atoms with Crippen LogP contribution in [-0.4, -0.2) is 54.5 Å². The summed E-state index contributed by atoms with van der Waals surface area (Å²) >= 11 is 0. The lowest BCUT2D eigenvalue weighted by atomic mass is 9.94. The second-order valence-electron chi connectivity index (χ2n) is 9.32. The average molecular weight is 505 g/mol. The lowest BCUT2D eigenvalue weighted by Gasteiger charge is -2.31. The molecule has 3 heterocycles. The molecule has 2 aliphatic heterocycles. The molecular formula is C28H29FN4O4. The fraction of sp³-hybridized carbons (Fsp3) is 0.321. The second-order valence-corrected chi connectivity index (χ2v) is 9.32. The van der Waals surface area contributed by atoms with Crippen molar-refractivity contribution in [3.05, 3.63) is 59.5 Å². The largest absolute Gasteiger partial charge is 0.496 e. The highest BCUT2D eigenvalue weighted by Crippen LogP contribution is 2.38. The van der Waals surface area contributed by atoms with Gasteiger partial charge in [0.25, 0.3) is 5.91 Å². The highest BCUT2D eigenvalue weighted by atomic mass is 19.1. The highest BCUT2D eigenvalue weighted by Gasteiger charge is 2.23. The number of methoxy groups -OCH3 is 1. The van der Waals surface area contributed by atoms with Crippen LogP contribution in [0.5, 0.6) is 11.5 Å². The van der Waals surface area contributed by atoms with Gasteiger partial charge in [-0.3, -0.25) is 9.59 Å². The molecule has 2 aromatic carbocycles. The number of likely N-dealkylation sites (tertiary alicyclic amines) is 1. The molecule has 8 nitrogen and oxygen atoms in total. The summed E-state index contributed by atoms with van der Waals surface area (Å²) in [5.41, 5.74) is 9.77. The van der Waals surface area contributed by atoms with Gasteiger partial charge in [-0.25, -0.2) is 4.98 Å². The molecule has 0 atom stereocenters. The number of amides is 2. The van der Waals surface area contributed by atoms with Gasteiger partial charge in [-0.1, -0.05) is 12.1 Å². The van der Waals surface area contributed by atoms with Gasteiger partial charge in [0.05, 0.1) is 7.11 Å². The van der Waals surface area contributed by atoms with E-state index in [0.29, 0.717) is 54.2 Å². The third-order valence-corrected chi connectivity index (χ3v) is 7.00. The maximum absolute atomic E-state index is 15.1. The molecular weight excluding hydrogens is 475 g/mol. The number of nitrogens with two attached hydrogens (primary N) is 1. The molecule has 1 fully saturated rings. The number of fused-ring (bicyclic) bond motifs is 1. The normalized spacial score (nSPS) is 15.6. The summed E-state index contributed by atoms with van der Waals surface area (Å²) < 4.78 is 26.8. The van der Waals surface area contributed by atoms with Crippen LogP contribution < -0.4 is 20.5 Å². The van der Waals surface area contributed by atoms with Crippen LogP contribution in [0.25, 0.3) is 22.3 Å². The van der Waals surface area contributed by atoms with Crippen molar-refractivity contribution in [1.29, 1.82) is 0 Å². The molecule has 5 rings (SSSR count). The first-order valence-electron chi connectivity index (χ1n) is 12.3. The monoisotopic (exact) mass is 504 g/mol. The van der Waals surface area contributed by atoms with Gasteiger partial charge in [0.1, 0.15) is 23.4 Å². The predicted octanol–water partition coefficient (Wildman–Crippen LogP) is 3.82. The molecule has 0 bridgehead atoms. The molecule has 3 aromatic rings. The number of carbonyl (C=O) groups is 2. The first-order valence-corrected chi connectivity index (χ1v) is 12.3. The van der Waals surface area contributed by atoms with E-state index >= 15 is 4.39 Å². The minimum absolute atomic E-state index is 0.0150. The Kier molecular flexibility index (Phi) is 6.69. The molecule has 0 spiro atoms. The van der Waals surface area contributed by atoms with Crippen LogP contribution in [0.3, 0.4) is 0 Å². The molecule has 0 radical (unpaired) electrons. The second kappa shape index (κ2) is 10.1. The van der Waals surface area contributed by atoms with Crippen molar-refractivity contribution in [2.24, 2.45) is 0 Å². The quantitative estimate of drug-likeness (QED) is 0.512. The van der Waals surface area contributed by atoms with Gasteiger partial charge in [0.15, 0.2) is 0 Å². The molecule has 0 unspecified atom stereocenters. The third-order valence-electron chi connectivity index (χ3n) is 7.00. The Balaban J connectivity index is 1.43. The Morgan fingerprint density at radius 2 is 1.84 bits per heavy atom. The fourth-order valence-electron chi connectivity index (χ4n) is 4.97. The molecule has 0 aliphatic carbocycles. The molecule has 3 N–H and O–H groups in total. The minimum Gasteiger partial charge on any atom is -0.496 e. The maximum atomic E-state index is 15.1. The van der Waals surface area contributed by atoms with Crippen molar-refractivity contribution in [1.82, 2.24) is 15.2 Å². The van der Waals surface area contributed by atoms with E-state index in [1.54, 1.807) is 43.3 Å². The standard InChI is InChI=1S/C28H29FN4O4/c1-16(34)33-11-8-19(9-12-33)37-20-4-6-22(25(14-20)36-2)24-15-23(27(30)32-26(24)29)17-3-5-21-18(13-17)7-10-31-28(21)35/h3-6,13-15,19H,7-12H2,1-2H3,(H2,30,32)(H,31,35). The Morgan fingerprint density at radius 1 is 1.08 bits per heavy atom. The van der Waals surface area contributed by atoms with E-state index in [0.717, 1.165) is 24.0 Å². The highest BCUT2D eigenvalue weighted by molar-refractivity contribution is 5.97. The summed E-state index contributed by atoms with van der Waals surface area (Å²) in [7, 11) is 1.52. The first kappa shape index (κ1) is 24.5. The Bertz CT molecular complexity index is 1370. The molecule has 1 aromatic heterocycles. The van der Waals surface area contributed by atoms with Gasteiger partial charge >= 0.3 is 0 Å². The van der Waals surface area contributed by atoms with Gasteiger partial charge in [-0.2, -0.15) is 4.39 Å². The Hall–Kier alpha value is -4.14. The van der Waals surface area contributed by atoms with E-state index < -0.39 is 5.95 Å². The summed E-state index contributed by atoms with van der Waals surface area (Å²) in [6.07, 6.45) is 2.18. The van der Waals surface area contributed by atoms with E-state index in [9.17, 15) is 9.59 Å². The number of halogens is 1. The molecule has 0 saturated carbocycles. The minimum atomic E-state index is -0.706. The van der Waals surface area contributed by atoms with E-state index in [2.05, 4.69) is 10.3 Å². The number of anilines is 1. The van der Waals surface area contributed by atoms with Gasteiger partial charge in [-0.15, -0.1) is 0 Å². The van der Waals surface area contributed by atoms with Gasteiger partial charge < -0.3 is 25.4 Å². The predicted molar refractivity (Wildman–Crippen MR) is 138 cm³/mol. The lowest BCUT2D eigenvalue weighted by Crippen LogP contribution is -2.40. The van der Waals surface area contributed by atoms with E-state index in [1.165, 1.54) is 7.11 Å². The number of aromatic nitrogens is 1. The molecule has 37 heavy (non-hydrogen) atoms. The van der Waals surface area contributed by atoms with Crippen LogP contribution in [0.4, 0.5) is 10.2 Å². The van der Waals surface area contributed by atoms with Crippen LogP contribution in [-0.2, 0) is 11.2 Å². The van der Waals surface area contributed by atoms with E-state index in [1.807, 2.05) is 11.0 Å². The number of carbonyl (C=O) groups excluding carboxylic acids is 2. The van der Waals surface area contributed by atoms with Gasteiger partial charge in [-0.05, 0) is 41.8 Å². The number of rotatable bonds is 5. The van der Waals surface area contributed by atoms with Crippen LogP contribution >= 0.6 is 0 Å².